The molecule has 0 amide bonds. The van der Waals surface area contributed by atoms with Crippen molar-refractivity contribution in [1.29, 1.82) is 0 Å². The number of aliphatic hydroxyl groups excluding tert-OH is 1. The standard InChI is InChI=1S/C15H13IN2O/c1-10-2-7-14-17-15(13(9-19)18(14)8-10)11-3-5-12(16)6-4-11/h2-8,19H,9H2,1H3. The van der Waals surface area contributed by atoms with E-state index in [-0.39, 0.29) is 6.61 Å². The molecule has 19 heavy (non-hydrogen) atoms. The van der Waals surface area contributed by atoms with Gasteiger partial charge in [0.1, 0.15) is 5.65 Å². The van der Waals surface area contributed by atoms with Crippen LogP contribution in [-0.4, -0.2) is 14.5 Å². The van der Waals surface area contributed by atoms with E-state index in [0.29, 0.717) is 0 Å². The second-order valence-electron chi connectivity index (χ2n) is 4.51. The first-order chi connectivity index (χ1) is 9.19. The molecule has 1 N–H and O–H groups in total. The lowest BCUT2D eigenvalue weighted by molar-refractivity contribution is 0.276. The van der Waals surface area contributed by atoms with Gasteiger partial charge in [-0.2, -0.15) is 0 Å². The summed E-state index contributed by atoms with van der Waals surface area (Å²) in [6.07, 6.45) is 2.00. The Morgan fingerprint density at radius 1 is 1.16 bits per heavy atom. The van der Waals surface area contributed by atoms with Crippen molar-refractivity contribution in [3.05, 3.63) is 57.4 Å². The van der Waals surface area contributed by atoms with E-state index in [1.165, 1.54) is 3.57 Å². The number of aryl methyl sites for hydroxylation is 1. The van der Waals surface area contributed by atoms with Gasteiger partial charge in [0.15, 0.2) is 0 Å². The molecule has 0 aliphatic carbocycles. The number of benzene rings is 1. The van der Waals surface area contributed by atoms with Crippen LogP contribution in [0, 0.1) is 10.5 Å². The lowest BCUT2D eigenvalue weighted by Crippen LogP contribution is -1.94. The number of nitrogens with zero attached hydrogens (tertiary/aromatic N) is 2. The van der Waals surface area contributed by atoms with Crippen molar-refractivity contribution in [2.24, 2.45) is 0 Å². The minimum absolute atomic E-state index is 0.0219. The second-order valence-corrected chi connectivity index (χ2v) is 5.75. The third-order valence-corrected chi connectivity index (χ3v) is 3.85. The zero-order valence-corrected chi connectivity index (χ0v) is 12.6. The van der Waals surface area contributed by atoms with Gasteiger partial charge in [-0.05, 0) is 53.3 Å². The Morgan fingerprint density at radius 2 is 1.89 bits per heavy atom. The number of rotatable bonds is 2. The third kappa shape index (κ3) is 2.26. The molecule has 0 fully saturated rings. The van der Waals surface area contributed by atoms with Crippen LogP contribution in [-0.2, 0) is 6.61 Å². The molecule has 3 aromatic rings. The van der Waals surface area contributed by atoms with Gasteiger partial charge in [0.05, 0.1) is 18.0 Å². The summed E-state index contributed by atoms with van der Waals surface area (Å²) >= 11 is 2.28. The predicted molar refractivity (Wildman–Crippen MR) is 84.0 cm³/mol. The van der Waals surface area contributed by atoms with E-state index in [1.807, 2.05) is 53.9 Å². The first-order valence-electron chi connectivity index (χ1n) is 6.03. The first-order valence-corrected chi connectivity index (χ1v) is 7.11. The second kappa shape index (κ2) is 4.94. The normalized spacial score (nSPS) is 11.1. The average molecular weight is 364 g/mol. The lowest BCUT2D eigenvalue weighted by Gasteiger charge is -2.02. The first kappa shape index (κ1) is 12.6. The van der Waals surface area contributed by atoms with Crippen LogP contribution in [0.5, 0.6) is 0 Å². The maximum Gasteiger partial charge on any atom is 0.137 e. The van der Waals surface area contributed by atoms with Crippen molar-refractivity contribution in [1.82, 2.24) is 9.38 Å². The number of hydrogen-bond donors (Lipinski definition) is 1. The average Bonchev–Trinajstić information content (AvgIpc) is 2.77. The molecule has 0 unspecified atom stereocenters. The number of halogens is 1. The fraction of sp³-hybridized carbons (Fsp3) is 0.133. The number of imidazole rings is 1. The Bertz CT molecular complexity index is 732. The lowest BCUT2D eigenvalue weighted by atomic mass is 10.1. The largest absolute Gasteiger partial charge is 0.390 e. The van der Waals surface area contributed by atoms with Gasteiger partial charge in [-0.15, -0.1) is 0 Å². The Morgan fingerprint density at radius 3 is 2.58 bits per heavy atom. The highest BCUT2D eigenvalue weighted by Gasteiger charge is 2.13. The Hall–Kier alpha value is -1.40. The van der Waals surface area contributed by atoms with E-state index in [2.05, 4.69) is 27.6 Å². The van der Waals surface area contributed by atoms with Gasteiger partial charge in [0.25, 0.3) is 0 Å². The zero-order chi connectivity index (χ0) is 13.4. The van der Waals surface area contributed by atoms with Gasteiger partial charge in [0.2, 0.25) is 0 Å². The van der Waals surface area contributed by atoms with E-state index in [4.69, 9.17) is 0 Å². The topological polar surface area (TPSA) is 37.5 Å². The molecular weight excluding hydrogens is 351 g/mol. The molecule has 0 aliphatic heterocycles. The SMILES string of the molecule is Cc1ccc2nc(-c3ccc(I)cc3)c(CO)n2c1. The van der Waals surface area contributed by atoms with Crippen LogP contribution in [0.4, 0.5) is 0 Å². The van der Waals surface area contributed by atoms with E-state index in [9.17, 15) is 5.11 Å². The Balaban J connectivity index is 2.25. The van der Waals surface area contributed by atoms with Crippen LogP contribution in [0.25, 0.3) is 16.9 Å². The molecule has 1 aromatic carbocycles. The van der Waals surface area contributed by atoms with Crippen LogP contribution < -0.4 is 0 Å². The maximum atomic E-state index is 9.65. The molecule has 3 nitrogen and oxygen atoms in total. The van der Waals surface area contributed by atoms with Gasteiger partial charge in [-0.1, -0.05) is 18.2 Å². The van der Waals surface area contributed by atoms with Gasteiger partial charge in [0, 0.05) is 15.3 Å². The van der Waals surface area contributed by atoms with Gasteiger partial charge < -0.3 is 9.51 Å². The van der Waals surface area contributed by atoms with Crippen LogP contribution in [0.3, 0.4) is 0 Å². The maximum absolute atomic E-state index is 9.65. The number of aromatic nitrogens is 2. The van der Waals surface area contributed by atoms with Crippen LogP contribution in [0.15, 0.2) is 42.6 Å². The number of aliphatic hydroxyl groups is 1. The fourth-order valence-corrected chi connectivity index (χ4v) is 2.55. The van der Waals surface area contributed by atoms with Gasteiger partial charge in [-0.3, -0.25) is 0 Å². The quantitative estimate of drug-likeness (QED) is 0.708. The summed E-state index contributed by atoms with van der Waals surface area (Å²) in [5.74, 6) is 0. The molecular formula is C15H13IN2O. The summed E-state index contributed by atoms with van der Waals surface area (Å²) in [5, 5.41) is 9.65. The van der Waals surface area contributed by atoms with Crippen LogP contribution in [0.2, 0.25) is 0 Å². The van der Waals surface area contributed by atoms with E-state index in [1.54, 1.807) is 0 Å². The summed E-state index contributed by atoms with van der Waals surface area (Å²) in [4.78, 5) is 4.63. The highest BCUT2D eigenvalue weighted by Crippen LogP contribution is 2.25. The molecule has 0 saturated carbocycles. The molecule has 2 heterocycles. The fourth-order valence-electron chi connectivity index (χ4n) is 2.19. The molecule has 0 aliphatic rings. The van der Waals surface area contributed by atoms with Crippen LogP contribution in [0.1, 0.15) is 11.3 Å². The van der Waals surface area contributed by atoms with Crippen molar-refractivity contribution >= 4 is 28.2 Å². The summed E-state index contributed by atoms with van der Waals surface area (Å²) in [5.41, 5.74) is 4.73. The van der Waals surface area contributed by atoms with E-state index in [0.717, 1.165) is 28.2 Å². The molecule has 3 rings (SSSR count). The molecule has 4 heteroatoms. The summed E-state index contributed by atoms with van der Waals surface area (Å²) in [7, 11) is 0. The number of hydrogen-bond acceptors (Lipinski definition) is 2. The van der Waals surface area contributed by atoms with Crippen molar-refractivity contribution in [2.75, 3.05) is 0 Å². The molecule has 0 spiro atoms. The smallest absolute Gasteiger partial charge is 0.137 e. The molecule has 0 bridgehead atoms. The molecule has 0 saturated heterocycles. The molecule has 0 atom stereocenters. The Labute approximate surface area is 125 Å². The summed E-state index contributed by atoms with van der Waals surface area (Å²) < 4.78 is 3.15. The van der Waals surface area contributed by atoms with E-state index >= 15 is 0 Å². The third-order valence-electron chi connectivity index (χ3n) is 3.13. The van der Waals surface area contributed by atoms with Crippen molar-refractivity contribution in [3.63, 3.8) is 0 Å². The van der Waals surface area contributed by atoms with Crippen molar-refractivity contribution in [3.8, 4) is 11.3 Å². The predicted octanol–water partition coefficient (Wildman–Crippen LogP) is 3.41. The van der Waals surface area contributed by atoms with Crippen molar-refractivity contribution in [2.45, 2.75) is 13.5 Å². The number of fused-ring (bicyclic) bond motifs is 1. The minimum atomic E-state index is -0.0219. The van der Waals surface area contributed by atoms with Crippen LogP contribution >= 0.6 is 22.6 Å². The highest BCUT2D eigenvalue weighted by atomic mass is 127. The van der Waals surface area contributed by atoms with Crippen molar-refractivity contribution < 1.29 is 5.11 Å². The molecule has 96 valence electrons. The summed E-state index contributed by atoms with van der Waals surface area (Å²) in [6, 6.07) is 12.2. The highest BCUT2D eigenvalue weighted by molar-refractivity contribution is 14.1. The Kier molecular flexibility index (Phi) is 3.28. The minimum Gasteiger partial charge on any atom is -0.390 e. The number of pyridine rings is 1. The zero-order valence-electron chi connectivity index (χ0n) is 10.5. The van der Waals surface area contributed by atoms with Gasteiger partial charge in [-0.25, -0.2) is 4.98 Å². The molecule has 0 radical (unpaired) electrons. The molecule has 2 aromatic heterocycles. The van der Waals surface area contributed by atoms with E-state index < -0.39 is 0 Å². The summed E-state index contributed by atoms with van der Waals surface area (Å²) in [6.45, 7) is 2.01. The van der Waals surface area contributed by atoms with Gasteiger partial charge >= 0.3 is 0 Å². The monoisotopic (exact) mass is 364 g/mol.